The first-order chi connectivity index (χ1) is 6.22. The van der Waals surface area contributed by atoms with Crippen LogP contribution in [-0.4, -0.2) is 21.9 Å². The highest BCUT2D eigenvalue weighted by atomic mass is 16.2. The van der Waals surface area contributed by atoms with Gasteiger partial charge in [0, 0.05) is 11.5 Å². The molecule has 78 valence electrons. The van der Waals surface area contributed by atoms with Gasteiger partial charge in [0.25, 0.3) is 0 Å². The molecule has 1 heterocycles. The second-order valence-corrected chi connectivity index (χ2v) is 5.34. The summed E-state index contributed by atoms with van der Waals surface area (Å²) in [4.78, 5) is 13.6. The first kappa shape index (κ1) is 11.0. The van der Waals surface area contributed by atoms with E-state index in [9.17, 15) is 4.79 Å². The summed E-state index contributed by atoms with van der Waals surface area (Å²) in [6.45, 7) is 9.65. The Labute approximate surface area is 85.7 Å². The molecule has 3 heteroatoms. The number of hydrogen-bond donors (Lipinski definition) is 0. The number of amides is 1. The van der Waals surface area contributed by atoms with Gasteiger partial charge in [-0.3, -0.25) is 4.79 Å². The van der Waals surface area contributed by atoms with Crippen LogP contribution in [0.15, 0.2) is 0 Å². The lowest BCUT2D eigenvalue weighted by Crippen LogP contribution is -2.53. The van der Waals surface area contributed by atoms with Gasteiger partial charge in [0.05, 0.1) is 6.07 Å². The fraction of sp³-hybridized carbons (Fsp3) is 0.818. The van der Waals surface area contributed by atoms with E-state index in [-0.39, 0.29) is 17.4 Å². The Morgan fingerprint density at radius 2 is 2.07 bits per heavy atom. The first-order valence-corrected chi connectivity index (χ1v) is 4.98. The average molecular weight is 194 g/mol. The number of carbonyl (C=O) groups is 1. The van der Waals surface area contributed by atoms with Crippen molar-refractivity contribution in [3.05, 3.63) is 0 Å². The zero-order valence-corrected chi connectivity index (χ0v) is 9.59. The first-order valence-electron chi connectivity index (χ1n) is 4.98. The van der Waals surface area contributed by atoms with Gasteiger partial charge in [-0.25, -0.2) is 0 Å². The van der Waals surface area contributed by atoms with Crippen molar-refractivity contribution in [2.45, 2.75) is 52.1 Å². The second-order valence-electron chi connectivity index (χ2n) is 5.34. The molecule has 0 aliphatic carbocycles. The summed E-state index contributed by atoms with van der Waals surface area (Å²) in [5.41, 5.74) is -0.902. The molecule has 1 rings (SSSR count). The number of likely N-dealkylation sites (tertiary alicyclic amines) is 1. The average Bonchev–Trinajstić information content (AvgIpc) is 2.23. The topological polar surface area (TPSA) is 44.1 Å². The number of carbonyl (C=O) groups excluding carboxylic acids is 1. The highest BCUT2D eigenvalue weighted by Gasteiger charge is 2.50. The van der Waals surface area contributed by atoms with Crippen molar-refractivity contribution in [3.63, 3.8) is 0 Å². The number of nitrogens with zero attached hydrogens (tertiary/aromatic N) is 2. The lowest BCUT2D eigenvalue weighted by atomic mass is 9.94. The molecule has 0 unspecified atom stereocenters. The molecule has 2 atom stereocenters. The van der Waals surface area contributed by atoms with Crippen LogP contribution in [0.3, 0.4) is 0 Å². The molecule has 0 saturated carbocycles. The smallest absolute Gasteiger partial charge is 0.227 e. The summed E-state index contributed by atoms with van der Waals surface area (Å²) >= 11 is 0. The van der Waals surface area contributed by atoms with Crippen LogP contribution in [0.25, 0.3) is 0 Å². The molecular weight excluding hydrogens is 176 g/mol. The van der Waals surface area contributed by atoms with Crippen LogP contribution < -0.4 is 0 Å². The van der Waals surface area contributed by atoms with Crippen LogP contribution >= 0.6 is 0 Å². The summed E-state index contributed by atoms with van der Waals surface area (Å²) in [7, 11) is 0. The third kappa shape index (κ3) is 1.50. The fourth-order valence-corrected chi connectivity index (χ4v) is 2.40. The molecule has 0 N–H and O–H groups in total. The van der Waals surface area contributed by atoms with E-state index in [0.29, 0.717) is 6.42 Å². The minimum atomic E-state index is -0.630. The lowest BCUT2D eigenvalue weighted by Gasteiger charge is -2.40. The van der Waals surface area contributed by atoms with Gasteiger partial charge in [-0.1, -0.05) is 6.92 Å². The highest BCUT2D eigenvalue weighted by Crippen LogP contribution is 2.38. The van der Waals surface area contributed by atoms with Crippen LogP contribution in [0.5, 0.6) is 0 Å². The maximum atomic E-state index is 11.9. The Hall–Kier alpha value is -1.04. The maximum absolute atomic E-state index is 11.9. The molecule has 0 aromatic rings. The second kappa shape index (κ2) is 2.98. The van der Waals surface area contributed by atoms with Crippen LogP contribution in [0, 0.1) is 17.2 Å². The molecule has 0 radical (unpaired) electrons. The molecule has 0 bridgehead atoms. The van der Waals surface area contributed by atoms with Gasteiger partial charge in [-0.2, -0.15) is 5.26 Å². The van der Waals surface area contributed by atoms with Gasteiger partial charge >= 0.3 is 0 Å². The molecule has 1 saturated heterocycles. The van der Waals surface area contributed by atoms with Crippen LogP contribution in [0.2, 0.25) is 0 Å². The summed E-state index contributed by atoms with van der Waals surface area (Å²) < 4.78 is 0. The SMILES string of the molecule is C[C@@H]1C[C@](C)(C#N)N(C(C)(C)C)C1=O. The van der Waals surface area contributed by atoms with Crippen molar-refractivity contribution in [3.8, 4) is 6.07 Å². The third-order valence-corrected chi connectivity index (χ3v) is 2.75. The van der Waals surface area contributed by atoms with E-state index in [2.05, 4.69) is 6.07 Å². The Bertz CT molecular complexity index is 297. The Balaban J connectivity index is 3.14. The molecular formula is C11H18N2O. The van der Waals surface area contributed by atoms with Crippen molar-refractivity contribution in [2.24, 2.45) is 5.92 Å². The van der Waals surface area contributed by atoms with E-state index >= 15 is 0 Å². The molecule has 0 spiro atoms. The minimum absolute atomic E-state index is 0.0288. The number of rotatable bonds is 0. The molecule has 3 nitrogen and oxygen atoms in total. The molecule has 1 aliphatic heterocycles. The largest absolute Gasteiger partial charge is 0.319 e. The zero-order chi connectivity index (χ0) is 11.1. The van der Waals surface area contributed by atoms with E-state index in [4.69, 9.17) is 5.26 Å². The van der Waals surface area contributed by atoms with Gasteiger partial charge in [0.1, 0.15) is 5.54 Å². The molecule has 0 aromatic carbocycles. The monoisotopic (exact) mass is 194 g/mol. The standard InChI is InChI=1S/C11H18N2O/c1-8-6-11(5,7-12)13(9(8)14)10(2,3)4/h8H,6H2,1-5H3/t8-,11-/m1/s1. The van der Waals surface area contributed by atoms with E-state index in [1.165, 1.54) is 0 Å². The molecule has 1 fully saturated rings. The van der Waals surface area contributed by atoms with Crippen LogP contribution in [0.1, 0.15) is 41.0 Å². The summed E-state index contributed by atoms with van der Waals surface area (Å²) in [6, 6.07) is 2.26. The van der Waals surface area contributed by atoms with Crippen molar-refractivity contribution >= 4 is 5.91 Å². The fourth-order valence-electron chi connectivity index (χ4n) is 2.40. The highest BCUT2D eigenvalue weighted by molar-refractivity contribution is 5.83. The Kier molecular flexibility index (Phi) is 2.35. The summed E-state index contributed by atoms with van der Waals surface area (Å²) in [5, 5.41) is 9.15. The van der Waals surface area contributed by atoms with Crippen LogP contribution in [-0.2, 0) is 4.79 Å². The maximum Gasteiger partial charge on any atom is 0.227 e. The zero-order valence-electron chi connectivity index (χ0n) is 9.59. The number of hydrogen-bond acceptors (Lipinski definition) is 2. The van der Waals surface area contributed by atoms with Crippen molar-refractivity contribution < 1.29 is 4.79 Å². The van der Waals surface area contributed by atoms with E-state index in [0.717, 1.165) is 0 Å². The summed E-state index contributed by atoms with van der Waals surface area (Å²) in [5.74, 6) is 0.0698. The Morgan fingerprint density at radius 1 is 1.57 bits per heavy atom. The lowest BCUT2D eigenvalue weighted by molar-refractivity contribution is -0.137. The molecule has 1 amide bonds. The molecule has 14 heavy (non-hydrogen) atoms. The van der Waals surface area contributed by atoms with Gasteiger partial charge in [0.15, 0.2) is 0 Å². The summed E-state index contributed by atoms with van der Waals surface area (Å²) in [6.07, 6.45) is 0.638. The third-order valence-electron chi connectivity index (χ3n) is 2.75. The van der Waals surface area contributed by atoms with Crippen LogP contribution in [0.4, 0.5) is 0 Å². The van der Waals surface area contributed by atoms with E-state index < -0.39 is 5.54 Å². The van der Waals surface area contributed by atoms with Crippen molar-refractivity contribution in [2.75, 3.05) is 0 Å². The minimum Gasteiger partial charge on any atom is -0.319 e. The van der Waals surface area contributed by atoms with Crippen molar-refractivity contribution in [1.29, 1.82) is 5.26 Å². The Morgan fingerprint density at radius 3 is 2.36 bits per heavy atom. The van der Waals surface area contributed by atoms with Crippen molar-refractivity contribution in [1.82, 2.24) is 4.90 Å². The van der Waals surface area contributed by atoms with E-state index in [1.54, 1.807) is 4.90 Å². The van der Waals surface area contributed by atoms with Gasteiger partial charge in [-0.15, -0.1) is 0 Å². The predicted octanol–water partition coefficient (Wildman–Crippen LogP) is 1.94. The normalized spacial score (nSPS) is 33.3. The van der Waals surface area contributed by atoms with Gasteiger partial charge < -0.3 is 4.90 Å². The number of nitriles is 1. The van der Waals surface area contributed by atoms with E-state index in [1.807, 2.05) is 34.6 Å². The molecule has 0 aromatic heterocycles. The predicted molar refractivity (Wildman–Crippen MR) is 54.4 cm³/mol. The van der Waals surface area contributed by atoms with Gasteiger partial charge in [0.2, 0.25) is 5.91 Å². The quantitative estimate of drug-likeness (QED) is 0.591. The van der Waals surface area contributed by atoms with Gasteiger partial charge in [-0.05, 0) is 34.1 Å². The molecule has 1 aliphatic rings.